The molecule has 0 amide bonds. The first-order valence-corrected chi connectivity index (χ1v) is 9.81. The van der Waals surface area contributed by atoms with E-state index in [2.05, 4.69) is 0 Å². The lowest BCUT2D eigenvalue weighted by Crippen LogP contribution is -2.15. The maximum atomic E-state index is 13.2. The largest absolute Gasteiger partial charge is 0.416 e. The van der Waals surface area contributed by atoms with Gasteiger partial charge in [-0.2, -0.15) is 13.2 Å². The van der Waals surface area contributed by atoms with Crippen LogP contribution in [0.5, 0.6) is 0 Å². The second-order valence-corrected chi connectivity index (χ2v) is 9.44. The summed E-state index contributed by atoms with van der Waals surface area (Å²) in [6.45, 7) is 7.53. The third-order valence-corrected chi connectivity index (χ3v) is 6.22. The number of nitrogens with zero attached hydrogens (tertiary/aromatic N) is 1. The van der Waals surface area contributed by atoms with Crippen molar-refractivity contribution in [1.82, 2.24) is 3.97 Å². The second kappa shape index (κ2) is 6.12. The Morgan fingerprint density at radius 3 is 2.19 bits per heavy atom. The zero-order valence-electron chi connectivity index (χ0n) is 15.4. The Kier molecular flexibility index (Phi) is 4.42. The molecule has 0 unspecified atom stereocenters. The Bertz CT molecular complexity index is 1120. The van der Waals surface area contributed by atoms with Gasteiger partial charge < -0.3 is 0 Å². The van der Waals surface area contributed by atoms with Gasteiger partial charge in [0.25, 0.3) is 10.0 Å². The van der Waals surface area contributed by atoms with E-state index >= 15 is 0 Å². The number of aryl methyl sites for hydroxylation is 1. The Labute approximate surface area is 156 Å². The van der Waals surface area contributed by atoms with Gasteiger partial charge in [0.15, 0.2) is 0 Å². The van der Waals surface area contributed by atoms with Crippen LogP contribution in [0, 0.1) is 6.92 Å². The lowest BCUT2D eigenvalue weighted by molar-refractivity contribution is -0.137. The van der Waals surface area contributed by atoms with E-state index in [1.54, 1.807) is 19.1 Å². The van der Waals surface area contributed by atoms with Crippen LogP contribution in [-0.4, -0.2) is 12.4 Å². The van der Waals surface area contributed by atoms with Crippen molar-refractivity contribution in [3.8, 4) is 0 Å². The normalized spacial score (nSPS) is 13.3. The number of aromatic nitrogens is 1. The van der Waals surface area contributed by atoms with Crippen molar-refractivity contribution in [3.63, 3.8) is 0 Å². The summed E-state index contributed by atoms with van der Waals surface area (Å²) in [6.07, 6.45) is -3.12. The van der Waals surface area contributed by atoms with Gasteiger partial charge >= 0.3 is 6.18 Å². The minimum atomic E-state index is -4.48. The van der Waals surface area contributed by atoms with Crippen LogP contribution in [0.1, 0.15) is 37.5 Å². The summed E-state index contributed by atoms with van der Waals surface area (Å²) in [6, 6.07) is 9.73. The fraction of sp³-hybridized carbons (Fsp3) is 0.300. The van der Waals surface area contributed by atoms with Gasteiger partial charge in [-0.05, 0) is 53.8 Å². The average Bonchev–Trinajstić information content (AvgIpc) is 2.91. The quantitative estimate of drug-likeness (QED) is 0.574. The van der Waals surface area contributed by atoms with E-state index in [0.717, 1.165) is 21.7 Å². The number of hydrogen-bond donors (Lipinski definition) is 0. The first kappa shape index (κ1) is 19.5. The van der Waals surface area contributed by atoms with E-state index in [4.69, 9.17) is 0 Å². The summed E-state index contributed by atoms with van der Waals surface area (Å²) in [5.74, 6) is 0. The lowest BCUT2D eigenvalue weighted by atomic mass is 9.87. The predicted octanol–water partition coefficient (Wildman–Crippen LogP) is 5.50. The zero-order chi connectivity index (χ0) is 20.2. The average molecular weight is 395 g/mol. The van der Waals surface area contributed by atoms with Crippen LogP contribution >= 0.6 is 0 Å². The third-order valence-electron chi connectivity index (χ3n) is 4.55. The van der Waals surface area contributed by atoms with Gasteiger partial charge in [-0.15, -0.1) is 0 Å². The number of benzene rings is 2. The molecule has 3 nitrogen and oxygen atoms in total. The molecule has 0 fully saturated rings. The van der Waals surface area contributed by atoms with Crippen LogP contribution in [0.2, 0.25) is 0 Å². The smallest absolute Gasteiger partial charge is 0.241 e. The van der Waals surface area contributed by atoms with E-state index < -0.39 is 21.8 Å². The number of rotatable bonds is 2. The van der Waals surface area contributed by atoms with E-state index in [-0.39, 0.29) is 21.2 Å². The molecule has 7 heteroatoms. The van der Waals surface area contributed by atoms with Crippen LogP contribution in [0.3, 0.4) is 0 Å². The molecule has 0 saturated carbocycles. The zero-order valence-corrected chi connectivity index (χ0v) is 16.2. The number of halogens is 3. The molecule has 3 aromatic rings. The van der Waals surface area contributed by atoms with Crippen molar-refractivity contribution in [2.45, 2.75) is 44.2 Å². The Hall–Kier alpha value is -2.28. The summed E-state index contributed by atoms with van der Waals surface area (Å²) in [5, 5.41) is 0.264. The molecule has 144 valence electrons. The summed E-state index contributed by atoms with van der Waals surface area (Å²) >= 11 is 0. The van der Waals surface area contributed by atoms with Gasteiger partial charge in [0.1, 0.15) is 0 Å². The molecule has 3 rings (SSSR count). The fourth-order valence-corrected chi connectivity index (χ4v) is 4.44. The third kappa shape index (κ3) is 3.48. The summed E-state index contributed by atoms with van der Waals surface area (Å²) in [4.78, 5) is 0.103. The minimum Gasteiger partial charge on any atom is -0.241 e. The predicted molar refractivity (Wildman–Crippen MR) is 99.4 cm³/mol. The molecule has 0 saturated heterocycles. The van der Waals surface area contributed by atoms with Crippen LogP contribution in [0.25, 0.3) is 10.9 Å². The minimum absolute atomic E-state index is 0.103. The molecule has 0 aliphatic heterocycles. The molecule has 27 heavy (non-hydrogen) atoms. The van der Waals surface area contributed by atoms with Crippen LogP contribution < -0.4 is 0 Å². The van der Waals surface area contributed by atoms with Gasteiger partial charge in [-0.1, -0.05) is 32.9 Å². The monoisotopic (exact) mass is 395 g/mol. The molecular weight excluding hydrogens is 375 g/mol. The Balaban J connectivity index is 2.20. The topological polar surface area (TPSA) is 39.1 Å². The molecule has 0 aliphatic rings. The first-order chi connectivity index (χ1) is 12.3. The lowest BCUT2D eigenvalue weighted by Gasteiger charge is -2.20. The molecule has 2 aromatic carbocycles. The van der Waals surface area contributed by atoms with Crippen molar-refractivity contribution in [1.29, 1.82) is 0 Å². The molecule has 0 radical (unpaired) electrons. The number of hydrogen-bond acceptors (Lipinski definition) is 2. The van der Waals surface area contributed by atoms with Crippen LogP contribution in [0.4, 0.5) is 13.2 Å². The second-order valence-electron chi connectivity index (χ2n) is 7.62. The van der Waals surface area contributed by atoms with Crippen molar-refractivity contribution in [2.24, 2.45) is 0 Å². The maximum absolute atomic E-state index is 13.2. The van der Waals surface area contributed by atoms with E-state index in [0.29, 0.717) is 5.56 Å². The standard InChI is InChI=1S/C20H20F3NO2S/c1-13-12-24(18-9-8-15(11-17(13)18)20(21,22)23)27(25,26)16-7-5-6-14(10-16)19(2,3)4/h5-12H,1-4H3. The van der Waals surface area contributed by atoms with Gasteiger partial charge in [-0.25, -0.2) is 12.4 Å². The molecule has 0 N–H and O–H groups in total. The highest BCUT2D eigenvalue weighted by Crippen LogP contribution is 2.34. The highest BCUT2D eigenvalue weighted by atomic mass is 32.2. The van der Waals surface area contributed by atoms with E-state index in [9.17, 15) is 21.6 Å². The van der Waals surface area contributed by atoms with E-state index in [1.165, 1.54) is 18.3 Å². The Morgan fingerprint density at radius 2 is 1.59 bits per heavy atom. The molecule has 0 atom stereocenters. The first-order valence-electron chi connectivity index (χ1n) is 8.37. The van der Waals surface area contributed by atoms with Gasteiger partial charge in [-0.3, -0.25) is 0 Å². The SMILES string of the molecule is Cc1cn(S(=O)(=O)c2cccc(C(C)(C)C)c2)c2ccc(C(F)(F)F)cc12. The van der Waals surface area contributed by atoms with E-state index in [1.807, 2.05) is 26.8 Å². The maximum Gasteiger partial charge on any atom is 0.416 e. The molecule has 1 heterocycles. The summed E-state index contributed by atoms with van der Waals surface area (Å²) in [5.41, 5.74) is 0.509. The van der Waals surface area contributed by atoms with Gasteiger partial charge in [0, 0.05) is 11.6 Å². The highest BCUT2D eigenvalue weighted by molar-refractivity contribution is 7.90. The number of alkyl halides is 3. The Morgan fingerprint density at radius 1 is 0.926 bits per heavy atom. The summed E-state index contributed by atoms with van der Waals surface area (Å²) < 4.78 is 66.3. The van der Waals surface area contributed by atoms with Crippen molar-refractivity contribution in [2.75, 3.05) is 0 Å². The fourth-order valence-electron chi connectivity index (χ4n) is 2.97. The van der Waals surface area contributed by atoms with Gasteiger partial charge in [0.05, 0.1) is 16.0 Å². The van der Waals surface area contributed by atoms with Crippen molar-refractivity contribution in [3.05, 3.63) is 65.4 Å². The molecule has 0 spiro atoms. The molecular formula is C20H20F3NO2S. The van der Waals surface area contributed by atoms with Crippen molar-refractivity contribution < 1.29 is 21.6 Å². The van der Waals surface area contributed by atoms with Crippen LogP contribution in [-0.2, 0) is 21.6 Å². The summed E-state index contributed by atoms with van der Waals surface area (Å²) in [7, 11) is -3.94. The molecule has 0 aliphatic carbocycles. The molecule has 0 bridgehead atoms. The number of fused-ring (bicyclic) bond motifs is 1. The highest BCUT2D eigenvalue weighted by Gasteiger charge is 2.31. The van der Waals surface area contributed by atoms with Gasteiger partial charge in [0.2, 0.25) is 0 Å². The van der Waals surface area contributed by atoms with Crippen molar-refractivity contribution >= 4 is 20.9 Å². The van der Waals surface area contributed by atoms with Crippen LogP contribution in [0.15, 0.2) is 53.6 Å². The molecule has 1 aromatic heterocycles.